The van der Waals surface area contributed by atoms with Crippen molar-refractivity contribution < 1.29 is 19.7 Å². The molecule has 19 heavy (non-hydrogen) atoms. The summed E-state index contributed by atoms with van der Waals surface area (Å²) in [6, 6.07) is 8.53. The molecule has 0 bridgehead atoms. The minimum absolute atomic E-state index is 0.152. The van der Waals surface area contributed by atoms with E-state index in [9.17, 15) is 15.0 Å². The van der Waals surface area contributed by atoms with Crippen LogP contribution < -0.4 is 5.32 Å². The van der Waals surface area contributed by atoms with Crippen molar-refractivity contribution in [2.75, 3.05) is 6.61 Å². The highest BCUT2D eigenvalue weighted by Crippen LogP contribution is 2.14. The Balaban J connectivity index is 2.46. The van der Waals surface area contributed by atoms with Crippen molar-refractivity contribution in [3.8, 4) is 0 Å². The van der Waals surface area contributed by atoms with Gasteiger partial charge in [0, 0.05) is 0 Å². The second-order valence-electron chi connectivity index (χ2n) is 4.65. The molecule has 0 spiro atoms. The monoisotopic (exact) mass is 267 g/mol. The summed E-state index contributed by atoms with van der Waals surface area (Å²) in [5.74, 6) is 0. The summed E-state index contributed by atoms with van der Waals surface area (Å²) in [7, 11) is 0. The molecule has 0 unspecified atom stereocenters. The van der Waals surface area contributed by atoms with Gasteiger partial charge in [0.25, 0.3) is 0 Å². The van der Waals surface area contributed by atoms with E-state index in [1.165, 1.54) is 0 Å². The van der Waals surface area contributed by atoms with Crippen molar-refractivity contribution >= 4 is 6.09 Å². The number of hydrogen-bond donors (Lipinski definition) is 3. The SMILES string of the molecule is CC[C@](C)(O)[C@H](CO)NC(=O)OCc1ccccc1. The van der Waals surface area contributed by atoms with Crippen LogP contribution in [0.3, 0.4) is 0 Å². The van der Waals surface area contributed by atoms with E-state index >= 15 is 0 Å². The van der Waals surface area contributed by atoms with Crippen molar-refractivity contribution in [2.45, 2.75) is 38.5 Å². The third-order valence-corrected chi connectivity index (χ3v) is 3.15. The maximum absolute atomic E-state index is 11.6. The third-order valence-electron chi connectivity index (χ3n) is 3.15. The summed E-state index contributed by atoms with van der Waals surface area (Å²) in [4.78, 5) is 11.6. The molecule has 0 aliphatic rings. The van der Waals surface area contributed by atoms with Crippen LogP contribution in [-0.4, -0.2) is 34.6 Å². The van der Waals surface area contributed by atoms with Gasteiger partial charge in [0.05, 0.1) is 18.2 Å². The van der Waals surface area contributed by atoms with E-state index in [1.807, 2.05) is 30.3 Å². The minimum Gasteiger partial charge on any atom is -0.445 e. The zero-order valence-electron chi connectivity index (χ0n) is 11.3. The summed E-state index contributed by atoms with van der Waals surface area (Å²) in [5.41, 5.74) is -0.291. The number of aliphatic hydroxyl groups is 2. The van der Waals surface area contributed by atoms with Crippen LogP contribution in [0.4, 0.5) is 4.79 Å². The third kappa shape index (κ3) is 4.89. The molecule has 0 aliphatic carbocycles. The van der Waals surface area contributed by atoms with Gasteiger partial charge in [-0.1, -0.05) is 37.3 Å². The Morgan fingerprint density at radius 1 is 1.42 bits per heavy atom. The molecule has 0 saturated heterocycles. The highest BCUT2D eigenvalue weighted by molar-refractivity contribution is 5.67. The summed E-state index contributed by atoms with van der Waals surface area (Å²) < 4.78 is 5.03. The minimum atomic E-state index is -1.17. The summed E-state index contributed by atoms with van der Waals surface area (Å²) in [5, 5.41) is 21.7. The maximum atomic E-state index is 11.6. The summed E-state index contributed by atoms with van der Waals surface area (Å²) in [6.07, 6.45) is -0.242. The van der Waals surface area contributed by atoms with E-state index in [-0.39, 0.29) is 13.2 Å². The first kappa shape index (κ1) is 15.5. The van der Waals surface area contributed by atoms with Gasteiger partial charge in [-0.3, -0.25) is 0 Å². The lowest BCUT2D eigenvalue weighted by Crippen LogP contribution is -2.52. The Bertz CT molecular complexity index is 392. The molecule has 1 amide bonds. The van der Waals surface area contributed by atoms with E-state index in [2.05, 4.69) is 5.32 Å². The van der Waals surface area contributed by atoms with Gasteiger partial charge in [0.1, 0.15) is 6.61 Å². The molecule has 0 radical (unpaired) electrons. The zero-order chi connectivity index (χ0) is 14.3. The van der Waals surface area contributed by atoms with Gasteiger partial charge in [-0.25, -0.2) is 4.79 Å². The predicted molar refractivity (Wildman–Crippen MR) is 71.6 cm³/mol. The molecular formula is C14H21NO4. The number of benzene rings is 1. The Kier molecular flexibility index (Phi) is 5.79. The Hall–Kier alpha value is -1.59. The smallest absolute Gasteiger partial charge is 0.407 e. The van der Waals surface area contributed by atoms with Crippen molar-refractivity contribution in [3.05, 3.63) is 35.9 Å². The second-order valence-corrected chi connectivity index (χ2v) is 4.65. The molecule has 0 heterocycles. The zero-order valence-corrected chi connectivity index (χ0v) is 11.3. The number of carbonyl (C=O) groups excluding carboxylic acids is 1. The van der Waals surface area contributed by atoms with E-state index in [1.54, 1.807) is 13.8 Å². The normalized spacial score (nSPS) is 15.4. The molecule has 106 valence electrons. The quantitative estimate of drug-likeness (QED) is 0.728. The summed E-state index contributed by atoms with van der Waals surface area (Å²) >= 11 is 0. The fourth-order valence-electron chi connectivity index (χ4n) is 1.55. The first-order valence-corrected chi connectivity index (χ1v) is 6.30. The molecular weight excluding hydrogens is 246 g/mol. The largest absolute Gasteiger partial charge is 0.445 e. The highest BCUT2D eigenvalue weighted by atomic mass is 16.5. The highest BCUT2D eigenvalue weighted by Gasteiger charge is 2.31. The average Bonchev–Trinajstić information content (AvgIpc) is 2.43. The molecule has 1 rings (SSSR count). The van der Waals surface area contributed by atoms with Gasteiger partial charge in [-0.15, -0.1) is 0 Å². The van der Waals surface area contributed by atoms with Crippen molar-refractivity contribution in [3.63, 3.8) is 0 Å². The van der Waals surface area contributed by atoms with Crippen LogP contribution in [0, 0.1) is 0 Å². The van der Waals surface area contributed by atoms with Gasteiger partial charge >= 0.3 is 6.09 Å². The number of alkyl carbamates (subject to hydrolysis) is 1. The average molecular weight is 267 g/mol. The van der Waals surface area contributed by atoms with Gasteiger partial charge in [0.15, 0.2) is 0 Å². The second kappa shape index (κ2) is 7.11. The van der Waals surface area contributed by atoms with Gasteiger partial charge < -0.3 is 20.3 Å². The standard InChI is InChI=1S/C14H21NO4/c1-3-14(2,18)12(9-16)15-13(17)19-10-11-7-5-4-6-8-11/h4-8,12,16,18H,3,9-10H2,1-2H3,(H,15,17)/t12-,14-/m0/s1. The molecule has 2 atom stereocenters. The molecule has 0 aliphatic heterocycles. The number of rotatable bonds is 6. The molecule has 1 aromatic rings. The lowest BCUT2D eigenvalue weighted by Gasteiger charge is -2.30. The topological polar surface area (TPSA) is 78.8 Å². The molecule has 0 saturated carbocycles. The van der Waals surface area contributed by atoms with Gasteiger partial charge in [-0.05, 0) is 18.9 Å². The molecule has 0 aromatic heterocycles. The fraction of sp³-hybridized carbons (Fsp3) is 0.500. The number of carbonyl (C=O) groups is 1. The lowest BCUT2D eigenvalue weighted by molar-refractivity contribution is -0.00554. The van der Waals surface area contributed by atoms with E-state index < -0.39 is 17.7 Å². The van der Waals surface area contributed by atoms with Crippen LogP contribution in [0.2, 0.25) is 0 Å². The fourth-order valence-corrected chi connectivity index (χ4v) is 1.55. The number of aliphatic hydroxyl groups excluding tert-OH is 1. The first-order valence-electron chi connectivity index (χ1n) is 6.30. The van der Waals surface area contributed by atoms with Crippen LogP contribution >= 0.6 is 0 Å². The van der Waals surface area contributed by atoms with Crippen LogP contribution in [0.5, 0.6) is 0 Å². The molecule has 3 N–H and O–H groups in total. The molecule has 5 heteroatoms. The van der Waals surface area contributed by atoms with Crippen LogP contribution in [0.1, 0.15) is 25.8 Å². The van der Waals surface area contributed by atoms with E-state index in [0.717, 1.165) is 5.56 Å². The van der Waals surface area contributed by atoms with Gasteiger partial charge in [-0.2, -0.15) is 0 Å². The Morgan fingerprint density at radius 2 is 2.05 bits per heavy atom. The number of hydrogen-bond acceptors (Lipinski definition) is 4. The van der Waals surface area contributed by atoms with E-state index in [0.29, 0.717) is 6.42 Å². The first-order chi connectivity index (χ1) is 8.99. The van der Waals surface area contributed by atoms with Crippen molar-refractivity contribution in [1.29, 1.82) is 0 Å². The predicted octanol–water partition coefficient (Wildman–Crippen LogP) is 1.43. The summed E-state index contributed by atoms with van der Waals surface area (Å²) in [6.45, 7) is 3.14. The van der Waals surface area contributed by atoms with Crippen molar-refractivity contribution in [1.82, 2.24) is 5.32 Å². The Labute approximate surface area is 113 Å². The molecule has 5 nitrogen and oxygen atoms in total. The Morgan fingerprint density at radius 3 is 2.58 bits per heavy atom. The number of ether oxygens (including phenoxy) is 1. The van der Waals surface area contributed by atoms with E-state index in [4.69, 9.17) is 4.74 Å². The number of nitrogens with one attached hydrogen (secondary N) is 1. The van der Waals surface area contributed by atoms with Gasteiger partial charge in [0.2, 0.25) is 0 Å². The van der Waals surface area contributed by atoms with Crippen LogP contribution in [0.25, 0.3) is 0 Å². The lowest BCUT2D eigenvalue weighted by atomic mass is 9.94. The number of amides is 1. The molecule has 0 fully saturated rings. The molecule has 1 aromatic carbocycles. The van der Waals surface area contributed by atoms with Crippen LogP contribution in [0.15, 0.2) is 30.3 Å². The maximum Gasteiger partial charge on any atom is 0.407 e. The van der Waals surface area contributed by atoms with Crippen molar-refractivity contribution in [2.24, 2.45) is 0 Å². The van der Waals surface area contributed by atoms with Crippen LogP contribution in [-0.2, 0) is 11.3 Å².